The second kappa shape index (κ2) is 8.61. The van der Waals surface area contributed by atoms with Crippen molar-refractivity contribution in [1.82, 2.24) is 0 Å². The second-order valence-electron chi connectivity index (χ2n) is 6.91. The first-order valence-electron chi connectivity index (χ1n) is 9.60. The van der Waals surface area contributed by atoms with Gasteiger partial charge < -0.3 is 20.3 Å². The number of carbonyl (C=O) groups is 3. The van der Waals surface area contributed by atoms with Crippen LogP contribution in [0.5, 0.6) is 5.75 Å². The number of fused-ring (bicyclic) bond motifs is 1. The third kappa shape index (κ3) is 4.13. The van der Waals surface area contributed by atoms with Gasteiger partial charge in [-0.1, -0.05) is 42.5 Å². The molecule has 0 bridgehead atoms. The first-order chi connectivity index (χ1) is 15.4. The number of carbonyl (C=O) groups excluding carboxylic acids is 1. The summed E-state index contributed by atoms with van der Waals surface area (Å²) in [6.07, 6.45) is 0. The van der Waals surface area contributed by atoms with E-state index in [1.165, 1.54) is 24.3 Å². The van der Waals surface area contributed by atoms with Gasteiger partial charge in [-0.05, 0) is 53.2 Å². The third-order valence-electron chi connectivity index (χ3n) is 4.87. The van der Waals surface area contributed by atoms with Crippen molar-refractivity contribution >= 4 is 40.1 Å². The van der Waals surface area contributed by atoms with Crippen LogP contribution in [-0.4, -0.2) is 28.1 Å². The van der Waals surface area contributed by atoms with Crippen molar-refractivity contribution in [2.45, 2.75) is 0 Å². The number of hydrogen-bond acceptors (Lipinski definition) is 5. The van der Waals surface area contributed by atoms with Gasteiger partial charge in [0.15, 0.2) is 5.75 Å². The molecule has 32 heavy (non-hydrogen) atoms. The van der Waals surface area contributed by atoms with Crippen molar-refractivity contribution < 1.29 is 29.3 Å². The average Bonchev–Trinajstić information content (AvgIpc) is 2.80. The third-order valence-corrected chi connectivity index (χ3v) is 4.87. The zero-order valence-corrected chi connectivity index (χ0v) is 16.6. The van der Waals surface area contributed by atoms with Crippen LogP contribution >= 0.6 is 0 Å². The minimum atomic E-state index is -1.09. The van der Waals surface area contributed by atoms with Crippen LogP contribution in [0.1, 0.15) is 31.1 Å². The molecule has 0 unspecified atom stereocenters. The van der Waals surface area contributed by atoms with E-state index in [1.807, 2.05) is 18.2 Å². The van der Waals surface area contributed by atoms with Gasteiger partial charge in [0, 0.05) is 0 Å². The van der Waals surface area contributed by atoms with Gasteiger partial charge in [-0.2, -0.15) is 0 Å². The SMILES string of the molecule is O=C(O)c1ccc(C(=O)Oc2ccccc2Nc2ccc3ccccc3c2C(=O)O)cc1. The summed E-state index contributed by atoms with van der Waals surface area (Å²) in [6.45, 7) is 0. The lowest BCUT2D eigenvalue weighted by atomic mass is 10.0. The Labute approximate surface area is 182 Å². The molecular formula is C25H17NO6. The van der Waals surface area contributed by atoms with Gasteiger partial charge in [0.25, 0.3) is 0 Å². The van der Waals surface area contributed by atoms with E-state index in [4.69, 9.17) is 9.84 Å². The average molecular weight is 427 g/mol. The highest BCUT2D eigenvalue weighted by Crippen LogP contribution is 2.33. The molecule has 0 aliphatic rings. The van der Waals surface area contributed by atoms with Crippen molar-refractivity contribution in [2.75, 3.05) is 5.32 Å². The number of esters is 1. The molecule has 0 saturated carbocycles. The molecule has 7 nitrogen and oxygen atoms in total. The largest absolute Gasteiger partial charge is 0.478 e. The predicted octanol–water partition coefficient (Wildman–Crippen LogP) is 5.20. The summed E-state index contributed by atoms with van der Waals surface area (Å²) in [5.41, 5.74) is 1.10. The van der Waals surface area contributed by atoms with E-state index >= 15 is 0 Å². The van der Waals surface area contributed by atoms with Crippen LogP contribution < -0.4 is 10.1 Å². The van der Waals surface area contributed by atoms with Crippen LogP contribution in [0.25, 0.3) is 10.8 Å². The fraction of sp³-hybridized carbons (Fsp3) is 0. The Morgan fingerprint density at radius 2 is 1.31 bits per heavy atom. The van der Waals surface area contributed by atoms with E-state index in [0.717, 1.165) is 5.39 Å². The van der Waals surface area contributed by atoms with Crippen LogP contribution in [0.15, 0.2) is 84.9 Å². The molecule has 158 valence electrons. The fourth-order valence-corrected chi connectivity index (χ4v) is 3.32. The van der Waals surface area contributed by atoms with E-state index in [0.29, 0.717) is 16.8 Å². The second-order valence-corrected chi connectivity index (χ2v) is 6.91. The van der Waals surface area contributed by atoms with E-state index in [1.54, 1.807) is 42.5 Å². The molecule has 0 aromatic heterocycles. The maximum absolute atomic E-state index is 12.6. The number of rotatable bonds is 6. The fourth-order valence-electron chi connectivity index (χ4n) is 3.32. The maximum atomic E-state index is 12.6. The summed E-state index contributed by atoms with van der Waals surface area (Å²) < 4.78 is 5.50. The zero-order valence-electron chi connectivity index (χ0n) is 16.6. The minimum Gasteiger partial charge on any atom is -0.478 e. The summed E-state index contributed by atoms with van der Waals surface area (Å²) in [5, 5.41) is 23.2. The number of anilines is 2. The van der Waals surface area contributed by atoms with E-state index < -0.39 is 17.9 Å². The van der Waals surface area contributed by atoms with Gasteiger partial charge in [0.05, 0.1) is 28.1 Å². The van der Waals surface area contributed by atoms with E-state index in [2.05, 4.69) is 5.32 Å². The molecule has 0 radical (unpaired) electrons. The van der Waals surface area contributed by atoms with Crippen LogP contribution in [0.3, 0.4) is 0 Å². The summed E-state index contributed by atoms with van der Waals surface area (Å²) in [7, 11) is 0. The van der Waals surface area contributed by atoms with Crippen molar-refractivity contribution in [2.24, 2.45) is 0 Å². The molecule has 0 atom stereocenters. The number of nitrogens with one attached hydrogen (secondary N) is 1. The van der Waals surface area contributed by atoms with Gasteiger partial charge >= 0.3 is 17.9 Å². The molecule has 0 heterocycles. The molecule has 0 aliphatic heterocycles. The quantitative estimate of drug-likeness (QED) is 0.286. The lowest BCUT2D eigenvalue weighted by Gasteiger charge is -2.15. The molecule has 0 amide bonds. The number of benzene rings is 4. The molecule has 7 heteroatoms. The Bertz CT molecular complexity index is 1340. The summed E-state index contributed by atoms with van der Waals surface area (Å²) >= 11 is 0. The molecule has 4 aromatic rings. The van der Waals surface area contributed by atoms with Crippen LogP contribution in [-0.2, 0) is 0 Å². The van der Waals surface area contributed by atoms with Crippen LogP contribution in [0, 0.1) is 0 Å². The van der Waals surface area contributed by atoms with Crippen LogP contribution in [0.2, 0.25) is 0 Å². The lowest BCUT2D eigenvalue weighted by molar-refractivity contribution is 0.0687. The molecule has 4 aromatic carbocycles. The lowest BCUT2D eigenvalue weighted by Crippen LogP contribution is -2.11. The summed E-state index contributed by atoms with van der Waals surface area (Å²) in [6, 6.07) is 22.6. The highest BCUT2D eigenvalue weighted by Gasteiger charge is 2.17. The first-order valence-corrected chi connectivity index (χ1v) is 9.60. The monoisotopic (exact) mass is 427 g/mol. The zero-order chi connectivity index (χ0) is 22.7. The smallest absolute Gasteiger partial charge is 0.343 e. The topological polar surface area (TPSA) is 113 Å². The Hall–Kier alpha value is -4.65. The van der Waals surface area contributed by atoms with E-state index in [9.17, 15) is 19.5 Å². The number of para-hydroxylation sites is 2. The maximum Gasteiger partial charge on any atom is 0.343 e. The normalized spacial score (nSPS) is 10.5. The molecular weight excluding hydrogens is 410 g/mol. The first kappa shape index (κ1) is 20.6. The molecule has 3 N–H and O–H groups in total. The number of hydrogen-bond donors (Lipinski definition) is 3. The molecule has 4 rings (SSSR count). The number of ether oxygens (including phenoxy) is 1. The van der Waals surface area contributed by atoms with Crippen LogP contribution in [0.4, 0.5) is 11.4 Å². The Morgan fingerprint density at radius 3 is 2.03 bits per heavy atom. The van der Waals surface area contributed by atoms with Gasteiger partial charge in [-0.3, -0.25) is 0 Å². The van der Waals surface area contributed by atoms with Crippen molar-refractivity contribution in [3.8, 4) is 5.75 Å². The molecule has 0 aliphatic carbocycles. The number of aromatic carboxylic acids is 2. The predicted molar refractivity (Wildman–Crippen MR) is 119 cm³/mol. The number of carboxylic acid groups (broad SMARTS) is 2. The Morgan fingerprint density at radius 1 is 0.656 bits per heavy atom. The summed E-state index contributed by atoms with van der Waals surface area (Å²) in [5.74, 6) is -2.65. The van der Waals surface area contributed by atoms with Crippen molar-refractivity contribution in [3.63, 3.8) is 0 Å². The Kier molecular flexibility index (Phi) is 5.55. The van der Waals surface area contributed by atoms with Gasteiger partial charge in [-0.25, -0.2) is 14.4 Å². The van der Waals surface area contributed by atoms with Gasteiger partial charge in [0.1, 0.15) is 0 Å². The van der Waals surface area contributed by atoms with E-state index in [-0.39, 0.29) is 22.4 Å². The minimum absolute atomic E-state index is 0.0566. The Balaban J connectivity index is 1.65. The van der Waals surface area contributed by atoms with Gasteiger partial charge in [-0.15, -0.1) is 0 Å². The number of carboxylic acids is 2. The summed E-state index contributed by atoms with van der Waals surface area (Å²) in [4.78, 5) is 35.5. The molecule has 0 spiro atoms. The van der Waals surface area contributed by atoms with Crippen molar-refractivity contribution in [3.05, 3.63) is 102 Å². The highest BCUT2D eigenvalue weighted by molar-refractivity contribution is 6.09. The van der Waals surface area contributed by atoms with Crippen molar-refractivity contribution in [1.29, 1.82) is 0 Å². The standard InChI is InChI=1S/C25H17NO6/c27-23(28)16-9-11-17(12-10-16)25(31)32-21-8-4-3-7-19(21)26-20-14-13-15-5-1-2-6-18(15)22(20)24(29)30/h1-14,26H,(H,27,28)(H,29,30). The highest BCUT2D eigenvalue weighted by atomic mass is 16.5. The van der Waals surface area contributed by atoms with Gasteiger partial charge in [0.2, 0.25) is 0 Å². The molecule has 0 fully saturated rings. The molecule has 0 saturated heterocycles.